The highest BCUT2D eigenvalue weighted by Gasteiger charge is 2.43. The van der Waals surface area contributed by atoms with E-state index in [0.29, 0.717) is 22.3 Å². The number of aromatic hydroxyl groups is 1. The second-order valence-corrected chi connectivity index (χ2v) is 7.74. The van der Waals surface area contributed by atoms with Crippen molar-refractivity contribution in [2.75, 3.05) is 0 Å². The molecule has 4 aromatic rings. The smallest absolute Gasteiger partial charge is 0.291 e. The maximum absolute atomic E-state index is 13.4. The summed E-state index contributed by atoms with van der Waals surface area (Å²) in [5, 5.41) is 10.1. The predicted molar refractivity (Wildman–Crippen MR) is 109 cm³/mol. The SMILES string of the molecule is O=C1c2oc3ccc(Br)cc3c(=O)c2C(c2ccc(O)cc2)N1Cc1ccco1. The number of phenolic OH excluding ortho intramolecular Hbond substituents is 1. The molecule has 5 rings (SSSR count). The van der Waals surface area contributed by atoms with Gasteiger partial charge in [-0.15, -0.1) is 0 Å². The van der Waals surface area contributed by atoms with E-state index in [2.05, 4.69) is 15.9 Å². The molecule has 144 valence electrons. The molecule has 0 saturated carbocycles. The molecule has 1 N–H and O–H groups in total. The number of halogens is 1. The van der Waals surface area contributed by atoms with Gasteiger partial charge in [-0.1, -0.05) is 28.1 Å². The lowest BCUT2D eigenvalue weighted by molar-refractivity contribution is 0.0701. The number of hydrogen-bond donors (Lipinski definition) is 1. The lowest BCUT2D eigenvalue weighted by Gasteiger charge is -2.24. The summed E-state index contributed by atoms with van der Waals surface area (Å²) in [5.41, 5.74) is 1.09. The number of rotatable bonds is 3. The zero-order valence-corrected chi connectivity index (χ0v) is 16.5. The van der Waals surface area contributed by atoms with Gasteiger partial charge in [-0.2, -0.15) is 0 Å². The molecule has 0 spiro atoms. The van der Waals surface area contributed by atoms with Crippen molar-refractivity contribution in [1.82, 2.24) is 4.90 Å². The number of amides is 1. The van der Waals surface area contributed by atoms with Crippen molar-refractivity contribution in [1.29, 1.82) is 0 Å². The van der Waals surface area contributed by atoms with Crippen molar-refractivity contribution in [3.8, 4) is 5.75 Å². The summed E-state index contributed by atoms with van der Waals surface area (Å²) < 4.78 is 12.1. The first-order valence-corrected chi connectivity index (χ1v) is 9.71. The predicted octanol–water partition coefficient (Wildman–Crippen LogP) is 4.60. The van der Waals surface area contributed by atoms with E-state index in [9.17, 15) is 14.7 Å². The highest BCUT2D eigenvalue weighted by Crippen LogP contribution is 2.39. The highest BCUT2D eigenvalue weighted by atomic mass is 79.9. The minimum atomic E-state index is -0.650. The van der Waals surface area contributed by atoms with Gasteiger partial charge in [0.1, 0.15) is 17.1 Å². The van der Waals surface area contributed by atoms with Crippen LogP contribution in [0.1, 0.15) is 33.5 Å². The van der Waals surface area contributed by atoms with E-state index in [0.717, 1.165) is 4.47 Å². The lowest BCUT2D eigenvalue weighted by atomic mass is 9.98. The fraction of sp³-hybridized carbons (Fsp3) is 0.0909. The Bertz CT molecular complexity index is 1290. The Balaban J connectivity index is 1.75. The van der Waals surface area contributed by atoms with Gasteiger partial charge in [0, 0.05) is 4.47 Å². The molecule has 1 aliphatic rings. The Hall–Kier alpha value is -3.32. The summed E-state index contributed by atoms with van der Waals surface area (Å²) in [5.74, 6) is 0.353. The Morgan fingerprint density at radius 2 is 1.86 bits per heavy atom. The molecule has 1 unspecified atom stereocenters. The van der Waals surface area contributed by atoms with Crippen LogP contribution in [0, 0.1) is 0 Å². The van der Waals surface area contributed by atoms with Crippen LogP contribution < -0.4 is 5.43 Å². The first kappa shape index (κ1) is 17.8. The van der Waals surface area contributed by atoms with Crippen LogP contribution in [0.5, 0.6) is 5.75 Å². The maximum atomic E-state index is 13.4. The minimum absolute atomic E-state index is 0.0365. The first-order valence-electron chi connectivity index (χ1n) is 8.91. The third-order valence-electron chi connectivity index (χ3n) is 5.04. The molecule has 2 aromatic carbocycles. The van der Waals surface area contributed by atoms with Gasteiger partial charge in [-0.25, -0.2) is 0 Å². The van der Waals surface area contributed by atoms with Crippen LogP contribution in [0.15, 0.2) is 79.0 Å². The van der Waals surface area contributed by atoms with Crippen molar-refractivity contribution < 1.29 is 18.7 Å². The van der Waals surface area contributed by atoms with Crippen molar-refractivity contribution in [2.24, 2.45) is 0 Å². The van der Waals surface area contributed by atoms with E-state index in [-0.39, 0.29) is 35.0 Å². The van der Waals surface area contributed by atoms with E-state index in [4.69, 9.17) is 8.83 Å². The van der Waals surface area contributed by atoms with Gasteiger partial charge in [-0.05, 0) is 48.0 Å². The summed E-state index contributed by atoms with van der Waals surface area (Å²) in [6.45, 7) is 0.182. The van der Waals surface area contributed by atoms with Gasteiger partial charge in [0.15, 0.2) is 5.43 Å². The topological polar surface area (TPSA) is 83.9 Å². The average Bonchev–Trinajstić information content (AvgIpc) is 3.32. The molecule has 6 nitrogen and oxygen atoms in total. The molecule has 2 aromatic heterocycles. The summed E-state index contributed by atoms with van der Waals surface area (Å²) >= 11 is 3.38. The summed E-state index contributed by atoms with van der Waals surface area (Å²) in [4.78, 5) is 28.2. The summed E-state index contributed by atoms with van der Waals surface area (Å²) in [6, 6.07) is 14.4. The number of carbonyl (C=O) groups excluding carboxylic acids is 1. The van der Waals surface area contributed by atoms with Crippen LogP contribution in [0.3, 0.4) is 0 Å². The molecule has 1 amide bonds. The molecule has 0 saturated heterocycles. The number of fused-ring (bicyclic) bond motifs is 2. The zero-order chi connectivity index (χ0) is 20.1. The third kappa shape index (κ3) is 2.86. The molecule has 0 bridgehead atoms. The van der Waals surface area contributed by atoms with Crippen LogP contribution in [0.25, 0.3) is 11.0 Å². The quantitative estimate of drug-likeness (QED) is 0.491. The van der Waals surface area contributed by atoms with Crippen LogP contribution in [-0.4, -0.2) is 15.9 Å². The monoisotopic (exact) mass is 451 g/mol. The summed E-state index contributed by atoms with van der Waals surface area (Å²) in [7, 11) is 0. The molecular weight excluding hydrogens is 438 g/mol. The zero-order valence-electron chi connectivity index (χ0n) is 15.0. The van der Waals surface area contributed by atoms with Gasteiger partial charge in [0.25, 0.3) is 5.91 Å². The largest absolute Gasteiger partial charge is 0.508 e. The van der Waals surface area contributed by atoms with Crippen LogP contribution in [0.2, 0.25) is 0 Å². The van der Waals surface area contributed by atoms with Crippen molar-refractivity contribution in [2.45, 2.75) is 12.6 Å². The second-order valence-electron chi connectivity index (χ2n) is 6.82. The normalized spacial score (nSPS) is 15.8. The molecule has 29 heavy (non-hydrogen) atoms. The van der Waals surface area contributed by atoms with Crippen LogP contribution in [-0.2, 0) is 6.54 Å². The number of carbonyl (C=O) groups is 1. The van der Waals surface area contributed by atoms with E-state index >= 15 is 0 Å². The highest BCUT2D eigenvalue weighted by molar-refractivity contribution is 9.10. The van der Waals surface area contributed by atoms with Crippen molar-refractivity contribution >= 4 is 32.8 Å². The van der Waals surface area contributed by atoms with Gasteiger partial charge >= 0.3 is 0 Å². The minimum Gasteiger partial charge on any atom is -0.508 e. The molecular formula is C22H14BrNO5. The van der Waals surface area contributed by atoms with Gasteiger partial charge in [0.2, 0.25) is 5.76 Å². The average molecular weight is 452 g/mol. The lowest BCUT2D eigenvalue weighted by Crippen LogP contribution is -2.29. The standard InChI is InChI=1S/C22H14BrNO5/c23-13-5-8-17-16(10-13)20(26)18-19(12-3-6-14(25)7-4-12)24(22(27)21(18)29-17)11-15-2-1-9-28-15/h1-10,19,25H,11H2. The fourth-order valence-electron chi connectivity index (χ4n) is 3.73. The number of hydrogen-bond acceptors (Lipinski definition) is 5. The second kappa shape index (κ2) is 6.63. The first-order chi connectivity index (χ1) is 14.0. The Morgan fingerprint density at radius 3 is 2.59 bits per heavy atom. The maximum Gasteiger partial charge on any atom is 0.291 e. The van der Waals surface area contributed by atoms with E-state index < -0.39 is 6.04 Å². The summed E-state index contributed by atoms with van der Waals surface area (Å²) in [6.07, 6.45) is 1.54. The van der Waals surface area contributed by atoms with E-state index in [1.807, 2.05) is 0 Å². The molecule has 7 heteroatoms. The third-order valence-corrected chi connectivity index (χ3v) is 5.54. The molecule has 0 aliphatic carbocycles. The Kier molecular flexibility index (Phi) is 4.06. The fourth-order valence-corrected chi connectivity index (χ4v) is 4.09. The number of furan rings is 1. The molecule has 1 aliphatic heterocycles. The molecule has 0 fully saturated rings. The van der Waals surface area contributed by atoms with Crippen LogP contribution >= 0.6 is 15.9 Å². The number of phenols is 1. The van der Waals surface area contributed by atoms with Crippen molar-refractivity contribution in [3.05, 3.63) is 98.2 Å². The van der Waals surface area contributed by atoms with E-state index in [1.54, 1.807) is 47.4 Å². The molecule has 0 radical (unpaired) electrons. The number of benzene rings is 2. The Labute approximate surface area is 173 Å². The molecule has 1 atom stereocenters. The Morgan fingerprint density at radius 1 is 1.07 bits per heavy atom. The van der Waals surface area contributed by atoms with Gasteiger partial charge < -0.3 is 18.8 Å². The van der Waals surface area contributed by atoms with Gasteiger partial charge in [0.05, 0.1) is 29.8 Å². The molecule has 3 heterocycles. The van der Waals surface area contributed by atoms with Crippen molar-refractivity contribution in [3.63, 3.8) is 0 Å². The van der Waals surface area contributed by atoms with E-state index in [1.165, 1.54) is 18.4 Å². The number of nitrogens with zero attached hydrogens (tertiary/aromatic N) is 1. The van der Waals surface area contributed by atoms with Gasteiger partial charge in [-0.3, -0.25) is 9.59 Å². The van der Waals surface area contributed by atoms with Crippen LogP contribution in [0.4, 0.5) is 0 Å².